The van der Waals surface area contributed by atoms with Gasteiger partial charge in [0.1, 0.15) is 0 Å². The van der Waals surface area contributed by atoms with Gasteiger partial charge >= 0.3 is 0 Å². The van der Waals surface area contributed by atoms with E-state index in [1.54, 1.807) is 6.07 Å². The molecule has 0 aliphatic carbocycles. The van der Waals surface area contributed by atoms with Gasteiger partial charge in [-0.3, -0.25) is 0 Å². The molecular weight excluding hydrogens is 160 g/mol. The molecule has 2 heteroatoms. The summed E-state index contributed by atoms with van der Waals surface area (Å²) in [5, 5.41) is 8.63. The number of nitrogens with two attached hydrogens (primary N) is 1. The second-order valence-corrected chi connectivity index (χ2v) is 2.75. The van der Waals surface area contributed by atoms with Crippen molar-refractivity contribution >= 4 is 0 Å². The molecule has 1 rings (SSSR count). The predicted molar refractivity (Wildman–Crippen MR) is 51.6 cm³/mol. The van der Waals surface area contributed by atoms with Crippen molar-refractivity contribution in [1.29, 1.82) is 5.26 Å². The quantitative estimate of drug-likeness (QED) is 0.510. The minimum Gasteiger partial charge on any atom is -0.359 e. The molecule has 0 saturated carbocycles. The van der Waals surface area contributed by atoms with E-state index in [1.165, 1.54) is 0 Å². The SMILES string of the molecule is Cc1cc(C#N)ccc1CC#CN. The highest BCUT2D eigenvalue weighted by Gasteiger charge is 1.97. The third-order valence-corrected chi connectivity index (χ3v) is 1.85. The molecule has 0 unspecified atom stereocenters. The van der Waals surface area contributed by atoms with Gasteiger partial charge in [0.2, 0.25) is 0 Å². The van der Waals surface area contributed by atoms with Crippen LogP contribution < -0.4 is 5.73 Å². The molecule has 0 aliphatic heterocycles. The number of nitrogens with zero attached hydrogens (tertiary/aromatic N) is 1. The lowest BCUT2D eigenvalue weighted by Gasteiger charge is -2.00. The fourth-order valence-corrected chi connectivity index (χ4v) is 1.11. The smallest absolute Gasteiger partial charge is 0.0991 e. The summed E-state index contributed by atoms with van der Waals surface area (Å²) in [5.41, 5.74) is 7.96. The first kappa shape index (κ1) is 9.16. The van der Waals surface area contributed by atoms with Crippen LogP contribution in [-0.2, 0) is 6.42 Å². The second kappa shape index (κ2) is 4.18. The summed E-state index contributed by atoms with van der Waals surface area (Å²) in [6, 6.07) is 10.0. The number of rotatable bonds is 1. The van der Waals surface area contributed by atoms with Gasteiger partial charge in [0.05, 0.1) is 11.6 Å². The monoisotopic (exact) mass is 170 g/mol. The minimum atomic E-state index is 0.647. The summed E-state index contributed by atoms with van der Waals surface area (Å²) in [5.74, 6) is 2.79. The summed E-state index contributed by atoms with van der Waals surface area (Å²) >= 11 is 0. The minimum absolute atomic E-state index is 0.647. The average Bonchev–Trinajstić information content (AvgIpc) is 2.16. The van der Waals surface area contributed by atoms with Crippen LogP contribution >= 0.6 is 0 Å². The summed E-state index contributed by atoms with van der Waals surface area (Å²) in [6.45, 7) is 1.97. The Balaban J connectivity index is 2.97. The molecule has 0 radical (unpaired) electrons. The van der Waals surface area contributed by atoms with Crippen LogP contribution in [0.5, 0.6) is 0 Å². The lowest BCUT2D eigenvalue weighted by atomic mass is 10.0. The molecule has 0 aromatic heterocycles. The van der Waals surface area contributed by atoms with E-state index in [0.29, 0.717) is 12.0 Å². The van der Waals surface area contributed by atoms with Crippen LogP contribution in [0.2, 0.25) is 0 Å². The van der Waals surface area contributed by atoms with Crippen LogP contribution in [0.1, 0.15) is 16.7 Å². The van der Waals surface area contributed by atoms with Crippen LogP contribution in [0.15, 0.2) is 18.2 Å². The van der Waals surface area contributed by atoms with Crippen LogP contribution in [0, 0.1) is 30.2 Å². The van der Waals surface area contributed by atoms with E-state index in [9.17, 15) is 0 Å². The fraction of sp³-hybridized carbons (Fsp3) is 0.182. The maximum Gasteiger partial charge on any atom is 0.0991 e. The van der Waals surface area contributed by atoms with Crippen molar-refractivity contribution in [2.45, 2.75) is 13.3 Å². The van der Waals surface area contributed by atoms with Gasteiger partial charge in [0, 0.05) is 12.5 Å². The van der Waals surface area contributed by atoms with Gasteiger partial charge < -0.3 is 5.73 Å². The first-order valence-electron chi connectivity index (χ1n) is 3.96. The van der Waals surface area contributed by atoms with Crippen LogP contribution in [0.4, 0.5) is 0 Å². The van der Waals surface area contributed by atoms with Crippen molar-refractivity contribution in [3.8, 4) is 18.0 Å². The first-order valence-corrected chi connectivity index (χ1v) is 3.96. The average molecular weight is 170 g/mol. The lowest BCUT2D eigenvalue weighted by molar-refractivity contribution is 1.24. The zero-order valence-corrected chi connectivity index (χ0v) is 7.46. The summed E-state index contributed by atoms with van der Waals surface area (Å²) in [4.78, 5) is 0. The van der Waals surface area contributed by atoms with E-state index in [-0.39, 0.29) is 0 Å². The van der Waals surface area contributed by atoms with Gasteiger partial charge in [-0.05, 0) is 30.2 Å². The third-order valence-electron chi connectivity index (χ3n) is 1.85. The zero-order chi connectivity index (χ0) is 9.68. The normalized spacial score (nSPS) is 8.31. The van der Waals surface area contributed by atoms with Crippen molar-refractivity contribution in [3.63, 3.8) is 0 Å². The molecule has 0 saturated heterocycles. The van der Waals surface area contributed by atoms with Crippen LogP contribution in [0.3, 0.4) is 0 Å². The Labute approximate surface area is 78.0 Å². The molecule has 13 heavy (non-hydrogen) atoms. The van der Waals surface area contributed by atoms with Crippen molar-refractivity contribution in [2.75, 3.05) is 0 Å². The largest absolute Gasteiger partial charge is 0.359 e. The lowest BCUT2D eigenvalue weighted by Crippen LogP contribution is -1.89. The standard InChI is InChI=1S/C11H10N2/c1-9-7-10(8-13)4-5-11(9)3-2-6-12/h4-5,7H,3,12H2,1H3. The van der Waals surface area contributed by atoms with Gasteiger partial charge in [-0.25, -0.2) is 0 Å². The molecule has 1 aromatic carbocycles. The van der Waals surface area contributed by atoms with E-state index in [0.717, 1.165) is 11.1 Å². The van der Waals surface area contributed by atoms with Gasteiger partial charge in [0.15, 0.2) is 0 Å². The molecule has 0 spiro atoms. The molecule has 2 N–H and O–H groups in total. The summed E-state index contributed by atoms with van der Waals surface area (Å²) in [7, 11) is 0. The van der Waals surface area contributed by atoms with E-state index < -0.39 is 0 Å². The molecular formula is C11H10N2. The highest BCUT2D eigenvalue weighted by Crippen LogP contribution is 2.10. The molecule has 64 valence electrons. The number of benzene rings is 1. The Hall–Kier alpha value is -1.93. The molecule has 0 bridgehead atoms. The van der Waals surface area contributed by atoms with Gasteiger partial charge in [-0.1, -0.05) is 12.0 Å². The van der Waals surface area contributed by atoms with Gasteiger partial charge in [0.25, 0.3) is 0 Å². The molecule has 2 nitrogen and oxygen atoms in total. The van der Waals surface area contributed by atoms with Crippen molar-refractivity contribution in [2.24, 2.45) is 5.73 Å². The van der Waals surface area contributed by atoms with Crippen molar-refractivity contribution < 1.29 is 0 Å². The maximum absolute atomic E-state index is 8.63. The first-order chi connectivity index (χ1) is 6.27. The molecule has 0 fully saturated rings. The number of nitriles is 1. The van der Waals surface area contributed by atoms with E-state index in [4.69, 9.17) is 11.0 Å². The molecule has 0 atom stereocenters. The van der Waals surface area contributed by atoms with Gasteiger partial charge in [-0.15, -0.1) is 0 Å². The molecule has 0 aliphatic rings. The van der Waals surface area contributed by atoms with Crippen LogP contribution in [0.25, 0.3) is 0 Å². The molecule has 0 amide bonds. The summed E-state index contributed by atoms with van der Waals surface area (Å²) in [6.07, 6.45) is 0.647. The Kier molecular flexibility index (Phi) is 2.95. The maximum atomic E-state index is 8.63. The van der Waals surface area contributed by atoms with Crippen LogP contribution in [-0.4, -0.2) is 0 Å². The Morgan fingerprint density at radius 2 is 2.23 bits per heavy atom. The Morgan fingerprint density at radius 1 is 1.46 bits per heavy atom. The van der Waals surface area contributed by atoms with Gasteiger partial charge in [-0.2, -0.15) is 5.26 Å². The van der Waals surface area contributed by atoms with Crippen molar-refractivity contribution in [3.05, 3.63) is 34.9 Å². The third kappa shape index (κ3) is 2.25. The highest BCUT2D eigenvalue weighted by molar-refractivity contribution is 5.38. The van der Waals surface area contributed by atoms with E-state index in [2.05, 4.69) is 18.0 Å². The zero-order valence-electron chi connectivity index (χ0n) is 7.46. The van der Waals surface area contributed by atoms with E-state index >= 15 is 0 Å². The molecule has 1 aromatic rings. The van der Waals surface area contributed by atoms with E-state index in [1.807, 2.05) is 19.1 Å². The number of hydrogen-bond acceptors (Lipinski definition) is 2. The second-order valence-electron chi connectivity index (χ2n) is 2.75. The predicted octanol–water partition coefficient (Wildman–Crippen LogP) is 1.33. The molecule has 0 heterocycles. The Morgan fingerprint density at radius 3 is 2.77 bits per heavy atom. The summed E-state index contributed by atoms with van der Waals surface area (Å²) < 4.78 is 0. The number of hydrogen-bond donors (Lipinski definition) is 1. The Bertz CT molecular complexity index is 402. The topological polar surface area (TPSA) is 49.8 Å². The van der Waals surface area contributed by atoms with Crippen molar-refractivity contribution in [1.82, 2.24) is 0 Å². The highest BCUT2D eigenvalue weighted by atomic mass is 14.4. The number of aryl methyl sites for hydroxylation is 1. The fourth-order valence-electron chi connectivity index (χ4n) is 1.11.